The van der Waals surface area contributed by atoms with Crippen molar-refractivity contribution in [1.29, 1.82) is 0 Å². The highest BCUT2D eigenvalue weighted by Gasteiger charge is 2.29. The number of ether oxygens (including phenoxy) is 2. The quantitative estimate of drug-likeness (QED) is 0.282. The van der Waals surface area contributed by atoms with Gasteiger partial charge in [-0.1, -0.05) is 6.07 Å². The summed E-state index contributed by atoms with van der Waals surface area (Å²) >= 11 is 1.63. The molecule has 0 aliphatic rings. The number of guanidine groups is 1. The number of alkyl halides is 3. The summed E-state index contributed by atoms with van der Waals surface area (Å²) in [4.78, 5) is 10.2. The maximum absolute atomic E-state index is 12.4. The largest absolute Gasteiger partial charge is 0.493 e. The minimum absolute atomic E-state index is 0. The van der Waals surface area contributed by atoms with Crippen LogP contribution < -0.4 is 20.1 Å². The second kappa shape index (κ2) is 12.2. The van der Waals surface area contributed by atoms with Crippen molar-refractivity contribution in [2.24, 2.45) is 4.99 Å². The molecule has 0 radical (unpaired) electrons. The average Bonchev–Trinajstić information content (AvgIpc) is 2.99. The Morgan fingerprint density at radius 1 is 1.20 bits per heavy atom. The molecule has 1 heterocycles. The van der Waals surface area contributed by atoms with E-state index < -0.39 is 12.8 Å². The Morgan fingerprint density at radius 2 is 1.93 bits per heavy atom. The van der Waals surface area contributed by atoms with Gasteiger partial charge in [0, 0.05) is 11.4 Å². The summed E-state index contributed by atoms with van der Waals surface area (Å²) in [5, 5.41) is 7.36. The highest BCUT2D eigenvalue weighted by molar-refractivity contribution is 14.0. The Labute approximate surface area is 195 Å². The monoisotopic (exact) mass is 558 g/mol. The van der Waals surface area contributed by atoms with Gasteiger partial charge in [-0.15, -0.1) is 35.3 Å². The van der Waals surface area contributed by atoms with Crippen molar-refractivity contribution in [3.63, 3.8) is 0 Å². The van der Waals surface area contributed by atoms with Gasteiger partial charge in [-0.25, -0.2) is 9.98 Å². The molecule has 0 saturated carbocycles. The van der Waals surface area contributed by atoms with E-state index in [1.165, 1.54) is 18.1 Å². The lowest BCUT2D eigenvalue weighted by Gasteiger charge is -2.13. The topological polar surface area (TPSA) is 67.8 Å². The standard InChI is InChI=1S/C19H25F3N4O2S.HI/c1-5-23-18(25-10-17-26-12(2)13(3)29-17)24-9-14-6-7-15(16(8-14)27-4)28-11-19(20,21)22;/h6-8H,5,9-11H2,1-4H3,(H2,23,24,25);1H. The van der Waals surface area contributed by atoms with Gasteiger partial charge >= 0.3 is 6.18 Å². The van der Waals surface area contributed by atoms with Gasteiger partial charge in [-0.3, -0.25) is 0 Å². The number of rotatable bonds is 8. The first-order valence-electron chi connectivity index (χ1n) is 9.03. The van der Waals surface area contributed by atoms with Crippen molar-refractivity contribution in [3.8, 4) is 11.5 Å². The zero-order valence-corrected chi connectivity index (χ0v) is 20.4. The minimum atomic E-state index is -4.41. The highest BCUT2D eigenvalue weighted by atomic mass is 127. The second-order valence-electron chi connectivity index (χ2n) is 6.19. The number of thiazole rings is 1. The molecule has 0 atom stereocenters. The zero-order valence-electron chi connectivity index (χ0n) is 17.2. The Morgan fingerprint density at radius 3 is 2.50 bits per heavy atom. The third kappa shape index (κ3) is 8.54. The van der Waals surface area contributed by atoms with E-state index in [0.717, 1.165) is 16.3 Å². The molecule has 0 aliphatic heterocycles. The zero-order chi connectivity index (χ0) is 21.4. The van der Waals surface area contributed by atoms with Crippen molar-refractivity contribution in [1.82, 2.24) is 15.6 Å². The molecular weight excluding hydrogens is 532 g/mol. The molecule has 0 amide bonds. The predicted molar refractivity (Wildman–Crippen MR) is 123 cm³/mol. The van der Waals surface area contributed by atoms with Gasteiger partial charge < -0.3 is 20.1 Å². The van der Waals surface area contributed by atoms with Crippen LogP contribution in [0.4, 0.5) is 13.2 Å². The normalized spacial score (nSPS) is 11.6. The van der Waals surface area contributed by atoms with Crippen LogP contribution in [0.3, 0.4) is 0 Å². The van der Waals surface area contributed by atoms with Crippen LogP contribution in [-0.4, -0.2) is 37.4 Å². The number of hydrogen-bond acceptors (Lipinski definition) is 5. The van der Waals surface area contributed by atoms with Crippen LogP contribution in [0, 0.1) is 13.8 Å². The van der Waals surface area contributed by atoms with Crippen molar-refractivity contribution < 1.29 is 22.6 Å². The number of halogens is 4. The molecule has 30 heavy (non-hydrogen) atoms. The smallest absolute Gasteiger partial charge is 0.422 e. The van der Waals surface area contributed by atoms with Crippen molar-refractivity contribution in [2.45, 2.75) is 40.0 Å². The van der Waals surface area contributed by atoms with Gasteiger partial charge in [-0.2, -0.15) is 13.2 Å². The number of aromatic nitrogens is 1. The lowest BCUT2D eigenvalue weighted by molar-refractivity contribution is -0.153. The fourth-order valence-electron chi connectivity index (χ4n) is 2.38. The highest BCUT2D eigenvalue weighted by Crippen LogP contribution is 2.30. The molecule has 2 rings (SSSR count). The predicted octanol–water partition coefficient (Wildman–Crippen LogP) is 4.58. The van der Waals surface area contributed by atoms with Crippen LogP contribution in [0.15, 0.2) is 23.2 Å². The molecule has 6 nitrogen and oxygen atoms in total. The van der Waals surface area contributed by atoms with Crippen molar-refractivity contribution in [2.75, 3.05) is 20.3 Å². The lowest BCUT2D eigenvalue weighted by atomic mass is 10.2. The third-order valence-corrected chi connectivity index (χ3v) is 4.94. The molecule has 1 aromatic heterocycles. The van der Waals surface area contributed by atoms with Crippen LogP contribution >= 0.6 is 35.3 Å². The molecule has 2 aromatic rings. The fourth-order valence-corrected chi connectivity index (χ4v) is 3.25. The Hall–Kier alpha value is -1.76. The molecule has 0 unspecified atom stereocenters. The van der Waals surface area contributed by atoms with Gasteiger partial charge in [0.15, 0.2) is 24.1 Å². The van der Waals surface area contributed by atoms with E-state index in [1.54, 1.807) is 23.5 Å². The Kier molecular flexibility index (Phi) is 10.7. The van der Waals surface area contributed by atoms with Crippen LogP contribution in [-0.2, 0) is 13.1 Å². The van der Waals surface area contributed by atoms with Gasteiger partial charge in [0.2, 0.25) is 0 Å². The number of aliphatic imine (C=N–C) groups is 1. The molecule has 0 aliphatic carbocycles. The first-order chi connectivity index (χ1) is 13.7. The molecule has 0 saturated heterocycles. The summed E-state index contributed by atoms with van der Waals surface area (Å²) in [5.41, 5.74) is 1.80. The fraction of sp³-hybridized carbons (Fsp3) is 0.474. The van der Waals surface area contributed by atoms with E-state index in [2.05, 4.69) is 20.6 Å². The van der Waals surface area contributed by atoms with E-state index >= 15 is 0 Å². The summed E-state index contributed by atoms with van der Waals surface area (Å²) in [7, 11) is 1.38. The van der Waals surface area contributed by atoms with Crippen molar-refractivity contribution in [3.05, 3.63) is 39.3 Å². The van der Waals surface area contributed by atoms with Gasteiger partial charge in [0.05, 0.1) is 25.9 Å². The summed E-state index contributed by atoms with van der Waals surface area (Å²) in [5.74, 6) is 0.889. The van der Waals surface area contributed by atoms with E-state index in [9.17, 15) is 13.2 Å². The number of benzene rings is 1. The van der Waals surface area contributed by atoms with E-state index in [1.807, 2.05) is 20.8 Å². The van der Waals surface area contributed by atoms with Crippen LogP contribution in [0.25, 0.3) is 0 Å². The summed E-state index contributed by atoms with van der Waals surface area (Å²) in [6.45, 7) is 6.17. The van der Waals surface area contributed by atoms with Gasteiger partial charge in [0.1, 0.15) is 5.01 Å². The number of nitrogens with zero attached hydrogens (tertiary/aromatic N) is 2. The molecule has 11 heteroatoms. The minimum Gasteiger partial charge on any atom is -0.493 e. The number of methoxy groups -OCH3 is 1. The molecule has 168 valence electrons. The van der Waals surface area contributed by atoms with Gasteiger partial charge in [-0.05, 0) is 38.5 Å². The molecule has 0 fully saturated rings. The number of nitrogens with one attached hydrogen (secondary N) is 2. The van der Waals surface area contributed by atoms with Crippen LogP contribution in [0.1, 0.15) is 28.1 Å². The van der Waals surface area contributed by atoms with Gasteiger partial charge in [0.25, 0.3) is 0 Å². The molecular formula is C19H26F3IN4O2S. The number of hydrogen-bond donors (Lipinski definition) is 2. The van der Waals surface area contributed by atoms with Crippen molar-refractivity contribution >= 4 is 41.3 Å². The van der Waals surface area contributed by atoms with E-state index in [0.29, 0.717) is 25.6 Å². The van der Waals surface area contributed by atoms with E-state index in [4.69, 9.17) is 9.47 Å². The third-order valence-electron chi connectivity index (χ3n) is 3.86. The maximum atomic E-state index is 12.4. The first-order valence-corrected chi connectivity index (χ1v) is 9.85. The molecule has 1 aromatic carbocycles. The average molecular weight is 558 g/mol. The summed E-state index contributed by atoms with van der Waals surface area (Å²) in [6, 6.07) is 4.73. The Balaban J connectivity index is 0.00000450. The van der Waals surface area contributed by atoms with Crippen LogP contribution in [0.2, 0.25) is 0 Å². The van der Waals surface area contributed by atoms with E-state index in [-0.39, 0.29) is 35.5 Å². The lowest BCUT2D eigenvalue weighted by Crippen LogP contribution is -2.36. The number of aryl methyl sites for hydroxylation is 2. The molecule has 2 N–H and O–H groups in total. The maximum Gasteiger partial charge on any atom is 0.422 e. The summed E-state index contributed by atoms with van der Waals surface area (Å²) in [6.07, 6.45) is -4.41. The van der Waals surface area contributed by atoms with Crippen LogP contribution in [0.5, 0.6) is 11.5 Å². The molecule has 0 bridgehead atoms. The molecule has 0 spiro atoms. The Bertz CT molecular complexity index is 824. The second-order valence-corrected chi connectivity index (χ2v) is 7.47. The SMILES string of the molecule is CCNC(=NCc1ccc(OCC(F)(F)F)c(OC)c1)NCc1nc(C)c(C)s1.I. The summed E-state index contributed by atoms with van der Waals surface area (Å²) < 4.78 is 47.0. The first kappa shape index (κ1) is 26.3.